The maximum Gasteiger partial charge on any atom is 0.323 e. The van der Waals surface area contributed by atoms with Gasteiger partial charge in [0.25, 0.3) is 0 Å². The lowest BCUT2D eigenvalue weighted by molar-refractivity contribution is -0.483. The highest BCUT2D eigenvalue weighted by atomic mass is 17.1. The summed E-state index contributed by atoms with van der Waals surface area (Å²) in [5.74, 6) is -0.454. The first-order valence-corrected chi connectivity index (χ1v) is 4.67. The molecule has 16 heavy (non-hydrogen) atoms. The standard InChI is InChI=1S/C10H7N3O3/c14-10(13-15-6-16-13)9-5-11-7-3-1-2-4-8(7)12-9/h1-5H,6H2. The third-order valence-corrected chi connectivity index (χ3v) is 2.17. The van der Waals surface area contributed by atoms with E-state index < -0.39 is 5.91 Å². The molecule has 1 aliphatic heterocycles. The van der Waals surface area contributed by atoms with Crippen molar-refractivity contribution in [2.45, 2.75) is 0 Å². The number of hydroxylamine groups is 2. The first kappa shape index (κ1) is 9.20. The number of para-hydroxylation sites is 2. The highest BCUT2D eigenvalue weighted by Gasteiger charge is 2.26. The SMILES string of the molecule is O=C(c1cnc2ccccc2n1)N1OCO1. The van der Waals surface area contributed by atoms with Crippen LogP contribution in [-0.2, 0) is 9.68 Å². The van der Waals surface area contributed by atoms with Crippen LogP contribution in [-0.4, -0.2) is 27.9 Å². The summed E-state index contributed by atoms with van der Waals surface area (Å²) in [6.45, 7) is 0.0900. The average molecular weight is 217 g/mol. The third-order valence-electron chi connectivity index (χ3n) is 2.17. The molecule has 0 unspecified atom stereocenters. The van der Waals surface area contributed by atoms with Gasteiger partial charge in [-0.1, -0.05) is 17.4 Å². The van der Waals surface area contributed by atoms with E-state index in [0.717, 1.165) is 10.7 Å². The normalized spacial score (nSPS) is 14.9. The van der Waals surface area contributed by atoms with Gasteiger partial charge in [-0.25, -0.2) is 14.7 Å². The number of hydrogen-bond donors (Lipinski definition) is 0. The zero-order valence-electron chi connectivity index (χ0n) is 8.16. The number of hydrogen-bond acceptors (Lipinski definition) is 5. The first-order chi connectivity index (χ1) is 7.84. The fourth-order valence-corrected chi connectivity index (χ4v) is 1.38. The molecule has 0 saturated carbocycles. The van der Waals surface area contributed by atoms with Gasteiger partial charge in [-0.05, 0) is 12.1 Å². The largest absolute Gasteiger partial charge is 0.323 e. The van der Waals surface area contributed by atoms with Gasteiger partial charge in [0.05, 0.1) is 17.2 Å². The average Bonchev–Trinajstić information content (AvgIpc) is 2.26. The van der Waals surface area contributed by atoms with Crippen molar-refractivity contribution in [3.8, 4) is 0 Å². The molecule has 3 rings (SSSR count). The minimum Gasteiger partial charge on any atom is -0.262 e. The summed E-state index contributed by atoms with van der Waals surface area (Å²) in [6.07, 6.45) is 1.40. The van der Waals surface area contributed by atoms with Crippen LogP contribution in [0.3, 0.4) is 0 Å². The van der Waals surface area contributed by atoms with Crippen molar-refractivity contribution in [2.75, 3.05) is 6.79 Å². The second-order valence-electron chi connectivity index (χ2n) is 3.18. The Morgan fingerprint density at radius 1 is 1.25 bits per heavy atom. The fourth-order valence-electron chi connectivity index (χ4n) is 1.38. The highest BCUT2D eigenvalue weighted by Crippen LogP contribution is 2.13. The van der Waals surface area contributed by atoms with Crippen LogP contribution in [0.2, 0.25) is 0 Å². The number of carbonyl (C=O) groups excluding carboxylic acids is 1. The molecule has 1 aliphatic rings. The molecule has 0 spiro atoms. The topological polar surface area (TPSA) is 64.6 Å². The van der Waals surface area contributed by atoms with Gasteiger partial charge in [-0.15, -0.1) is 0 Å². The number of benzene rings is 1. The molecule has 6 nitrogen and oxygen atoms in total. The molecule has 80 valence electrons. The van der Waals surface area contributed by atoms with Gasteiger partial charge in [-0.3, -0.25) is 9.78 Å². The molecule has 0 N–H and O–H groups in total. The van der Waals surface area contributed by atoms with Crippen LogP contribution < -0.4 is 0 Å². The van der Waals surface area contributed by atoms with E-state index in [1.807, 2.05) is 18.2 Å². The lowest BCUT2D eigenvalue weighted by atomic mass is 10.3. The lowest BCUT2D eigenvalue weighted by Gasteiger charge is -2.27. The van der Waals surface area contributed by atoms with Crippen LogP contribution in [0.25, 0.3) is 11.0 Å². The minimum atomic E-state index is -0.454. The van der Waals surface area contributed by atoms with Gasteiger partial charge in [0.2, 0.25) is 6.79 Å². The Labute approximate surface area is 90.3 Å². The van der Waals surface area contributed by atoms with Crippen LogP contribution in [0.1, 0.15) is 10.5 Å². The molecule has 1 aromatic heterocycles. The Morgan fingerprint density at radius 2 is 2.00 bits per heavy atom. The molecule has 0 atom stereocenters. The number of aromatic nitrogens is 2. The Hall–Kier alpha value is -2.05. The van der Waals surface area contributed by atoms with Crippen LogP contribution in [0.15, 0.2) is 30.5 Å². The smallest absolute Gasteiger partial charge is 0.262 e. The van der Waals surface area contributed by atoms with Crippen molar-refractivity contribution in [3.63, 3.8) is 0 Å². The zero-order valence-corrected chi connectivity index (χ0v) is 8.16. The van der Waals surface area contributed by atoms with E-state index in [9.17, 15) is 4.79 Å². The van der Waals surface area contributed by atoms with Crippen molar-refractivity contribution >= 4 is 16.9 Å². The number of rotatable bonds is 1. The Balaban J connectivity index is 2.01. The molecule has 0 radical (unpaired) electrons. The van der Waals surface area contributed by atoms with E-state index >= 15 is 0 Å². The molecular weight excluding hydrogens is 210 g/mol. The molecule has 1 amide bonds. The molecular formula is C10H7N3O3. The minimum absolute atomic E-state index is 0.0900. The highest BCUT2D eigenvalue weighted by molar-refractivity contribution is 5.92. The molecule has 2 aromatic rings. The predicted octanol–water partition coefficient (Wildman–Crippen LogP) is 0.906. The van der Waals surface area contributed by atoms with E-state index in [0.29, 0.717) is 5.52 Å². The summed E-state index contributed by atoms with van der Waals surface area (Å²) in [5, 5.41) is 0.790. The molecule has 1 aromatic carbocycles. The lowest BCUT2D eigenvalue weighted by Crippen LogP contribution is -2.42. The summed E-state index contributed by atoms with van der Waals surface area (Å²) in [7, 11) is 0. The fraction of sp³-hybridized carbons (Fsp3) is 0.100. The van der Waals surface area contributed by atoms with Gasteiger partial charge in [-0.2, -0.15) is 0 Å². The van der Waals surface area contributed by atoms with Crippen LogP contribution in [0.4, 0.5) is 0 Å². The van der Waals surface area contributed by atoms with E-state index in [4.69, 9.17) is 9.68 Å². The van der Waals surface area contributed by atoms with E-state index in [2.05, 4.69) is 9.97 Å². The van der Waals surface area contributed by atoms with Crippen LogP contribution >= 0.6 is 0 Å². The van der Waals surface area contributed by atoms with Crippen molar-refractivity contribution in [1.29, 1.82) is 0 Å². The second-order valence-corrected chi connectivity index (χ2v) is 3.18. The number of amides is 1. The zero-order chi connectivity index (χ0) is 11.0. The summed E-state index contributed by atoms with van der Waals surface area (Å²) in [5.41, 5.74) is 1.59. The van der Waals surface area contributed by atoms with E-state index in [1.165, 1.54) is 6.20 Å². The Morgan fingerprint density at radius 3 is 2.69 bits per heavy atom. The molecule has 0 bridgehead atoms. The van der Waals surface area contributed by atoms with Gasteiger partial charge in [0.1, 0.15) is 0 Å². The summed E-state index contributed by atoms with van der Waals surface area (Å²) >= 11 is 0. The summed E-state index contributed by atoms with van der Waals surface area (Å²) < 4.78 is 0. The second kappa shape index (κ2) is 3.51. The van der Waals surface area contributed by atoms with Gasteiger partial charge in [0, 0.05) is 0 Å². The Kier molecular flexibility index (Phi) is 2.02. The molecule has 6 heteroatoms. The van der Waals surface area contributed by atoms with Crippen LogP contribution in [0, 0.1) is 0 Å². The quantitative estimate of drug-likeness (QED) is 0.710. The first-order valence-electron chi connectivity index (χ1n) is 4.67. The van der Waals surface area contributed by atoms with Crippen molar-refractivity contribution < 1.29 is 14.5 Å². The molecule has 1 saturated heterocycles. The summed E-state index contributed by atoms with van der Waals surface area (Å²) in [6, 6.07) is 7.31. The van der Waals surface area contributed by atoms with Crippen molar-refractivity contribution in [3.05, 3.63) is 36.2 Å². The predicted molar refractivity (Wildman–Crippen MR) is 52.7 cm³/mol. The van der Waals surface area contributed by atoms with Crippen LogP contribution in [0.5, 0.6) is 0 Å². The monoisotopic (exact) mass is 217 g/mol. The maximum absolute atomic E-state index is 11.6. The molecule has 0 aliphatic carbocycles. The number of fused-ring (bicyclic) bond motifs is 1. The number of nitrogens with zero attached hydrogens (tertiary/aromatic N) is 3. The van der Waals surface area contributed by atoms with Crippen molar-refractivity contribution in [1.82, 2.24) is 15.2 Å². The van der Waals surface area contributed by atoms with Gasteiger partial charge in [0.15, 0.2) is 5.69 Å². The third kappa shape index (κ3) is 1.40. The Bertz CT molecular complexity index is 554. The molecule has 1 fully saturated rings. The maximum atomic E-state index is 11.6. The number of carbonyl (C=O) groups is 1. The van der Waals surface area contributed by atoms with E-state index in [-0.39, 0.29) is 12.5 Å². The van der Waals surface area contributed by atoms with E-state index in [1.54, 1.807) is 6.07 Å². The van der Waals surface area contributed by atoms with Gasteiger partial charge >= 0.3 is 5.91 Å². The molecule has 2 heterocycles. The van der Waals surface area contributed by atoms with Crippen molar-refractivity contribution in [2.24, 2.45) is 0 Å². The van der Waals surface area contributed by atoms with Gasteiger partial charge < -0.3 is 0 Å². The summed E-state index contributed by atoms with van der Waals surface area (Å²) in [4.78, 5) is 29.4.